The van der Waals surface area contributed by atoms with E-state index in [1.807, 2.05) is 0 Å². The second kappa shape index (κ2) is 10.8. The molecular weight excluding hydrogens is 565 g/mol. The van der Waals surface area contributed by atoms with E-state index in [0.29, 0.717) is 0 Å². The van der Waals surface area contributed by atoms with Gasteiger partial charge in [0.15, 0.2) is 5.82 Å². The number of hydrogen-bond donors (Lipinski definition) is 2. The Hall–Kier alpha value is -4.37. The van der Waals surface area contributed by atoms with Crippen molar-refractivity contribution >= 4 is 45.0 Å². The SMILES string of the molecule is CNC(=O)N(c1ccc(S(=O)(=O)Nc2ccon2)cn1)c1cc(Cl)c(-c2ccnc(C(F)(F)F)c2)cc1OC. The van der Waals surface area contributed by atoms with Crippen molar-refractivity contribution in [1.29, 1.82) is 0 Å². The number of ether oxygens (including phenoxy) is 1. The van der Waals surface area contributed by atoms with Crippen molar-refractivity contribution in [2.75, 3.05) is 23.8 Å². The number of benzene rings is 1. The number of rotatable bonds is 7. The number of pyridine rings is 2. The van der Waals surface area contributed by atoms with Crippen LogP contribution in [0.2, 0.25) is 5.02 Å². The number of halogens is 4. The highest BCUT2D eigenvalue weighted by atomic mass is 35.5. The summed E-state index contributed by atoms with van der Waals surface area (Å²) in [4.78, 5) is 21.2. The number of carbonyl (C=O) groups excluding carboxylic acids is 1. The molecule has 204 valence electrons. The van der Waals surface area contributed by atoms with Gasteiger partial charge in [-0.3, -0.25) is 9.71 Å². The number of hydrogen-bond acceptors (Lipinski definition) is 8. The third-order valence-electron chi connectivity index (χ3n) is 5.22. The van der Waals surface area contributed by atoms with Crippen LogP contribution in [0.5, 0.6) is 5.75 Å². The fourth-order valence-electron chi connectivity index (χ4n) is 3.43. The lowest BCUT2D eigenvalue weighted by atomic mass is 10.0. The van der Waals surface area contributed by atoms with Crippen molar-refractivity contribution in [1.82, 2.24) is 20.4 Å². The summed E-state index contributed by atoms with van der Waals surface area (Å²) >= 11 is 6.45. The number of carbonyl (C=O) groups is 1. The predicted octanol–water partition coefficient (Wildman–Crippen LogP) is 5.09. The first kappa shape index (κ1) is 27.7. The monoisotopic (exact) mass is 582 g/mol. The van der Waals surface area contributed by atoms with E-state index >= 15 is 0 Å². The zero-order valence-corrected chi connectivity index (χ0v) is 21.6. The first-order chi connectivity index (χ1) is 18.4. The first-order valence-electron chi connectivity index (χ1n) is 10.8. The molecule has 4 aromatic rings. The van der Waals surface area contributed by atoms with Crippen LogP contribution in [-0.2, 0) is 16.2 Å². The van der Waals surface area contributed by atoms with Gasteiger partial charge in [0.2, 0.25) is 0 Å². The third-order valence-corrected chi connectivity index (χ3v) is 6.88. The largest absolute Gasteiger partial charge is 0.495 e. The van der Waals surface area contributed by atoms with Gasteiger partial charge in [-0.25, -0.2) is 23.1 Å². The zero-order chi connectivity index (χ0) is 28.4. The van der Waals surface area contributed by atoms with Crippen LogP contribution in [0.4, 0.5) is 35.3 Å². The summed E-state index contributed by atoms with van der Waals surface area (Å²) in [6.45, 7) is 0. The summed E-state index contributed by atoms with van der Waals surface area (Å²) in [6, 6.07) is 7.96. The number of sulfonamides is 1. The molecule has 0 radical (unpaired) electrons. The topological polar surface area (TPSA) is 140 Å². The molecule has 2 N–H and O–H groups in total. The molecule has 0 aliphatic rings. The van der Waals surface area contributed by atoms with Crippen LogP contribution in [0, 0.1) is 0 Å². The molecule has 11 nitrogen and oxygen atoms in total. The molecule has 0 aliphatic carbocycles. The minimum Gasteiger partial charge on any atom is -0.495 e. The Morgan fingerprint density at radius 1 is 1.13 bits per heavy atom. The molecule has 1 aromatic carbocycles. The number of nitrogens with one attached hydrogen (secondary N) is 2. The molecule has 0 spiro atoms. The maximum Gasteiger partial charge on any atom is 0.433 e. The van der Waals surface area contributed by atoms with Crippen molar-refractivity contribution < 1.29 is 35.6 Å². The summed E-state index contributed by atoms with van der Waals surface area (Å²) in [5, 5.41) is 5.93. The Bertz CT molecular complexity index is 1600. The van der Waals surface area contributed by atoms with Crippen LogP contribution in [0.25, 0.3) is 11.1 Å². The average Bonchev–Trinajstić information content (AvgIpc) is 3.41. The summed E-state index contributed by atoms with van der Waals surface area (Å²) in [5.41, 5.74) is -0.718. The van der Waals surface area contributed by atoms with Crippen molar-refractivity contribution in [2.24, 2.45) is 0 Å². The van der Waals surface area contributed by atoms with Gasteiger partial charge in [-0.05, 0) is 42.0 Å². The number of aromatic nitrogens is 3. The molecule has 0 unspecified atom stereocenters. The van der Waals surface area contributed by atoms with E-state index in [4.69, 9.17) is 16.3 Å². The van der Waals surface area contributed by atoms with Gasteiger partial charge < -0.3 is 14.6 Å². The maximum atomic E-state index is 13.2. The highest BCUT2D eigenvalue weighted by molar-refractivity contribution is 7.92. The second-order valence-corrected chi connectivity index (χ2v) is 9.75. The van der Waals surface area contributed by atoms with Gasteiger partial charge in [0.05, 0.1) is 17.8 Å². The first-order valence-corrected chi connectivity index (χ1v) is 12.6. The molecule has 4 rings (SSSR count). The molecule has 0 saturated heterocycles. The van der Waals surface area contributed by atoms with Crippen molar-refractivity contribution in [2.45, 2.75) is 11.1 Å². The standard InChI is InChI=1S/C23H18ClF3N6O5S/c1-28-22(34)33(21-4-3-14(12-30-21)39(35,36)32-20-6-8-38-31-20)17-11-16(24)15(10-18(17)37-2)13-5-7-29-19(9-13)23(25,26)27/h3-12H,1-2H3,(H,28,34)(H,31,32). The molecule has 3 aromatic heterocycles. The molecule has 16 heteroatoms. The smallest absolute Gasteiger partial charge is 0.433 e. The van der Waals surface area contributed by atoms with Crippen LogP contribution in [0.1, 0.15) is 5.69 Å². The van der Waals surface area contributed by atoms with Gasteiger partial charge in [-0.2, -0.15) is 13.2 Å². The predicted molar refractivity (Wildman–Crippen MR) is 134 cm³/mol. The Kier molecular flexibility index (Phi) is 7.65. The quantitative estimate of drug-likeness (QED) is 0.307. The number of amides is 2. The molecule has 0 saturated carbocycles. The minimum atomic E-state index is -4.67. The lowest BCUT2D eigenvalue weighted by Crippen LogP contribution is -2.35. The Morgan fingerprint density at radius 3 is 2.49 bits per heavy atom. The van der Waals surface area contributed by atoms with E-state index in [-0.39, 0.29) is 44.1 Å². The number of urea groups is 1. The number of anilines is 3. The van der Waals surface area contributed by atoms with E-state index < -0.39 is 27.9 Å². The molecule has 0 aliphatic heterocycles. The molecular formula is C23H18ClF3N6O5S. The van der Waals surface area contributed by atoms with Gasteiger partial charge in [-0.15, -0.1) is 0 Å². The van der Waals surface area contributed by atoms with Gasteiger partial charge in [0, 0.05) is 31.1 Å². The average molecular weight is 583 g/mol. The third kappa shape index (κ3) is 5.88. The maximum absolute atomic E-state index is 13.2. The molecule has 2 amide bonds. The summed E-state index contributed by atoms with van der Waals surface area (Å²) < 4.78 is 77.0. The lowest BCUT2D eigenvalue weighted by molar-refractivity contribution is -0.141. The van der Waals surface area contributed by atoms with Crippen LogP contribution in [-0.4, -0.2) is 43.7 Å². The van der Waals surface area contributed by atoms with Gasteiger partial charge >= 0.3 is 12.2 Å². The zero-order valence-electron chi connectivity index (χ0n) is 20.0. The summed E-state index contributed by atoms with van der Waals surface area (Å²) in [6.07, 6.45) is -1.46. The Morgan fingerprint density at radius 2 is 1.90 bits per heavy atom. The molecule has 39 heavy (non-hydrogen) atoms. The van der Waals surface area contributed by atoms with Crippen LogP contribution < -0.4 is 19.7 Å². The highest BCUT2D eigenvalue weighted by Gasteiger charge is 2.33. The van der Waals surface area contributed by atoms with Crippen LogP contribution in [0.15, 0.2) is 70.5 Å². The van der Waals surface area contributed by atoms with E-state index in [1.165, 1.54) is 56.8 Å². The second-order valence-electron chi connectivity index (χ2n) is 7.66. The Labute approximate surface area is 224 Å². The van der Waals surface area contributed by atoms with Crippen molar-refractivity contribution in [3.63, 3.8) is 0 Å². The van der Waals surface area contributed by atoms with Crippen LogP contribution >= 0.6 is 11.6 Å². The molecule has 0 atom stereocenters. The summed E-state index contributed by atoms with van der Waals surface area (Å²) in [7, 11) is -1.42. The minimum absolute atomic E-state index is 0.00459. The summed E-state index contributed by atoms with van der Waals surface area (Å²) in [5.74, 6) is 0.0109. The van der Waals surface area contributed by atoms with E-state index in [2.05, 4.69) is 29.7 Å². The van der Waals surface area contributed by atoms with E-state index in [9.17, 15) is 26.4 Å². The van der Waals surface area contributed by atoms with Gasteiger partial charge in [0.1, 0.15) is 28.4 Å². The lowest BCUT2D eigenvalue weighted by Gasteiger charge is -2.24. The normalized spacial score (nSPS) is 11.6. The van der Waals surface area contributed by atoms with E-state index in [0.717, 1.165) is 23.4 Å². The fourth-order valence-corrected chi connectivity index (χ4v) is 4.63. The van der Waals surface area contributed by atoms with Gasteiger partial charge in [0.25, 0.3) is 10.0 Å². The van der Waals surface area contributed by atoms with Gasteiger partial charge in [-0.1, -0.05) is 16.8 Å². The van der Waals surface area contributed by atoms with E-state index in [1.54, 1.807) is 0 Å². The van der Waals surface area contributed by atoms with Crippen molar-refractivity contribution in [3.8, 4) is 16.9 Å². The fraction of sp³-hybridized carbons (Fsp3) is 0.130. The van der Waals surface area contributed by atoms with Crippen LogP contribution in [0.3, 0.4) is 0 Å². The molecule has 0 bridgehead atoms. The van der Waals surface area contributed by atoms with Crippen molar-refractivity contribution in [3.05, 3.63) is 71.8 Å². The highest BCUT2D eigenvalue weighted by Crippen LogP contribution is 2.42. The number of alkyl halides is 3. The number of methoxy groups -OCH3 is 1. The Balaban J connectivity index is 1.75. The molecule has 0 fully saturated rings. The number of nitrogens with zero attached hydrogens (tertiary/aromatic N) is 4. The molecule has 3 heterocycles.